The summed E-state index contributed by atoms with van der Waals surface area (Å²) in [6.07, 6.45) is 0. The number of rotatable bonds is 3. The van der Waals surface area contributed by atoms with Crippen LogP contribution in [-0.4, -0.2) is 8.42 Å². The number of hydrogen-bond donors (Lipinski definition) is 1. The van der Waals surface area contributed by atoms with E-state index in [1.54, 1.807) is 30.3 Å². The average molecular weight is 384 g/mol. The first-order valence-electron chi connectivity index (χ1n) is 5.30. The van der Waals surface area contributed by atoms with Crippen LogP contribution in [0, 0.1) is 14.9 Å². The molecule has 0 saturated carbocycles. The Bertz CT molecular complexity index is 734. The fourth-order valence-corrected chi connectivity index (χ4v) is 2.89. The SMILES string of the molecule is N#Cc1cccc(NS(=O)(=O)c2ccc(I)cc2)c1. The second kappa shape index (κ2) is 5.59. The summed E-state index contributed by atoms with van der Waals surface area (Å²) in [4.78, 5) is 0.190. The molecular formula is C13H9IN2O2S. The third kappa shape index (κ3) is 3.45. The number of nitrogens with zero attached hydrogens (tertiary/aromatic N) is 1. The number of anilines is 1. The molecule has 0 saturated heterocycles. The lowest BCUT2D eigenvalue weighted by atomic mass is 10.2. The maximum absolute atomic E-state index is 12.1. The maximum Gasteiger partial charge on any atom is 0.261 e. The molecule has 0 atom stereocenters. The van der Waals surface area contributed by atoms with Gasteiger partial charge >= 0.3 is 0 Å². The summed E-state index contributed by atoms with van der Waals surface area (Å²) >= 11 is 2.11. The van der Waals surface area contributed by atoms with Crippen LogP contribution in [0.4, 0.5) is 5.69 Å². The van der Waals surface area contributed by atoms with Gasteiger partial charge in [0, 0.05) is 3.57 Å². The standard InChI is InChI=1S/C13H9IN2O2S/c14-11-4-6-13(7-5-11)19(17,18)16-12-3-1-2-10(8-12)9-15/h1-8,16H. The van der Waals surface area contributed by atoms with Gasteiger partial charge in [-0.1, -0.05) is 6.07 Å². The van der Waals surface area contributed by atoms with Crippen LogP contribution in [0.25, 0.3) is 0 Å². The molecule has 1 N–H and O–H groups in total. The highest BCUT2D eigenvalue weighted by molar-refractivity contribution is 14.1. The van der Waals surface area contributed by atoms with E-state index in [1.165, 1.54) is 18.2 Å². The first-order chi connectivity index (χ1) is 9.01. The normalized spacial score (nSPS) is 10.7. The second-order valence-electron chi connectivity index (χ2n) is 3.75. The largest absolute Gasteiger partial charge is 0.280 e. The van der Waals surface area contributed by atoms with E-state index in [9.17, 15) is 8.42 Å². The van der Waals surface area contributed by atoms with E-state index < -0.39 is 10.0 Å². The molecule has 0 aliphatic heterocycles. The minimum atomic E-state index is -3.62. The van der Waals surface area contributed by atoms with Gasteiger partial charge in [0.15, 0.2) is 0 Å². The Balaban J connectivity index is 2.31. The van der Waals surface area contributed by atoms with E-state index in [0.29, 0.717) is 11.3 Å². The van der Waals surface area contributed by atoms with E-state index in [-0.39, 0.29) is 4.90 Å². The van der Waals surface area contributed by atoms with Gasteiger partial charge < -0.3 is 0 Å². The number of sulfonamides is 1. The van der Waals surface area contributed by atoms with E-state index in [1.807, 2.05) is 6.07 Å². The zero-order chi connectivity index (χ0) is 13.9. The molecule has 4 nitrogen and oxygen atoms in total. The van der Waals surface area contributed by atoms with Crippen molar-refractivity contribution >= 4 is 38.3 Å². The molecule has 2 aromatic rings. The highest BCUT2D eigenvalue weighted by Crippen LogP contribution is 2.18. The Morgan fingerprint density at radius 2 is 1.79 bits per heavy atom. The van der Waals surface area contributed by atoms with E-state index in [0.717, 1.165) is 3.57 Å². The van der Waals surface area contributed by atoms with Crippen molar-refractivity contribution in [2.45, 2.75) is 4.90 Å². The topological polar surface area (TPSA) is 70.0 Å². The summed E-state index contributed by atoms with van der Waals surface area (Å²) in [5.41, 5.74) is 0.778. The summed E-state index contributed by atoms with van der Waals surface area (Å²) in [7, 11) is -3.62. The van der Waals surface area contributed by atoms with Crippen LogP contribution in [-0.2, 0) is 10.0 Å². The van der Waals surface area contributed by atoms with Gasteiger partial charge in [-0.25, -0.2) is 8.42 Å². The third-order valence-electron chi connectivity index (χ3n) is 2.37. The Morgan fingerprint density at radius 3 is 2.42 bits per heavy atom. The number of benzene rings is 2. The van der Waals surface area contributed by atoms with Gasteiger partial charge in [0.2, 0.25) is 0 Å². The summed E-state index contributed by atoms with van der Waals surface area (Å²) < 4.78 is 27.6. The lowest BCUT2D eigenvalue weighted by Gasteiger charge is -2.08. The minimum absolute atomic E-state index is 0.190. The molecule has 0 fully saturated rings. The van der Waals surface area contributed by atoms with Crippen LogP contribution in [0.5, 0.6) is 0 Å². The van der Waals surface area contributed by atoms with Crippen molar-refractivity contribution in [2.24, 2.45) is 0 Å². The van der Waals surface area contributed by atoms with E-state index >= 15 is 0 Å². The number of nitrogens with one attached hydrogen (secondary N) is 1. The summed E-state index contributed by atoms with van der Waals surface area (Å²) in [6.45, 7) is 0. The molecule has 0 radical (unpaired) electrons. The first kappa shape index (κ1) is 13.8. The predicted octanol–water partition coefficient (Wildman–Crippen LogP) is 2.96. The lowest BCUT2D eigenvalue weighted by molar-refractivity contribution is 0.601. The number of nitriles is 1. The van der Waals surface area contributed by atoms with Crippen LogP contribution < -0.4 is 4.72 Å². The van der Waals surface area contributed by atoms with Crippen LogP contribution in [0.3, 0.4) is 0 Å². The van der Waals surface area contributed by atoms with Crippen LogP contribution in [0.15, 0.2) is 53.4 Å². The van der Waals surface area contributed by atoms with Crippen molar-refractivity contribution in [3.05, 3.63) is 57.7 Å². The number of hydrogen-bond acceptors (Lipinski definition) is 3. The molecule has 0 amide bonds. The van der Waals surface area contributed by atoms with Crippen molar-refractivity contribution in [1.29, 1.82) is 5.26 Å². The van der Waals surface area contributed by atoms with Crippen LogP contribution >= 0.6 is 22.6 Å². The van der Waals surface area contributed by atoms with Crippen molar-refractivity contribution in [1.82, 2.24) is 0 Å². The molecular weight excluding hydrogens is 375 g/mol. The second-order valence-corrected chi connectivity index (χ2v) is 6.68. The molecule has 0 spiro atoms. The molecule has 2 rings (SSSR count). The molecule has 0 aliphatic rings. The van der Waals surface area contributed by atoms with Gasteiger partial charge in [-0.15, -0.1) is 0 Å². The monoisotopic (exact) mass is 384 g/mol. The molecule has 0 aliphatic carbocycles. The molecule has 0 heterocycles. The minimum Gasteiger partial charge on any atom is -0.280 e. The van der Waals surface area contributed by atoms with Crippen molar-refractivity contribution in [3.63, 3.8) is 0 Å². The third-order valence-corrected chi connectivity index (χ3v) is 4.48. The van der Waals surface area contributed by atoms with Crippen molar-refractivity contribution < 1.29 is 8.42 Å². The highest BCUT2D eigenvalue weighted by atomic mass is 127. The van der Waals surface area contributed by atoms with Crippen molar-refractivity contribution in [2.75, 3.05) is 4.72 Å². The van der Waals surface area contributed by atoms with Crippen LogP contribution in [0.2, 0.25) is 0 Å². The van der Waals surface area contributed by atoms with Crippen LogP contribution in [0.1, 0.15) is 5.56 Å². The summed E-state index contributed by atoms with van der Waals surface area (Å²) in [5, 5.41) is 8.78. The Hall–Kier alpha value is -1.59. The molecule has 0 aromatic heterocycles. The van der Waals surface area contributed by atoms with Crippen molar-refractivity contribution in [3.8, 4) is 6.07 Å². The molecule has 6 heteroatoms. The molecule has 0 unspecified atom stereocenters. The van der Waals surface area contributed by atoms with Gasteiger partial charge in [-0.2, -0.15) is 5.26 Å². The fraction of sp³-hybridized carbons (Fsp3) is 0. The molecule has 0 bridgehead atoms. The van der Waals surface area contributed by atoms with Gasteiger partial charge in [0.1, 0.15) is 0 Å². The predicted molar refractivity (Wildman–Crippen MR) is 81.1 cm³/mol. The van der Waals surface area contributed by atoms with E-state index in [2.05, 4.69) is 27.3 Å². The molecule has 96 valence electrons. The van der Waals surface area contributed by atoms with Gasteiger partial charge in [0.05, 0.1) is 22.2 Å². The van der Waals surface area contributed by atoms with Gasteiger partial charge in [-0.05, 0) is 65.1 Å². The summed E-state index contributed by atoms with van der Waals surface area (Å²) in [5.74, 6) is 0. The summed E-state index contributed by atoms with van der Waals surface area (Å²) in [6, 6.07) is 14.8. The fourth-order valence-electron chi connectivity index (χ4n) is 1.48. The van der Waals surface area contributed by atoms with Gasteiger partial charge in [-0.3, -0.25) is 4.72 Å². The zero-order valence-corrected chi connectivity index (χ0v) is 12.6. The highest BCUT2D eigenvalue weighted by Gasteiger charge is 2.13. The zero-order valence-electron chi connectivity index (χ0n) is 9.67. The van der Waals surface area contributed by atoms with E-state index in [4.69, 9.17) is 5.26 Å². The molecule has 19 heavy (non-hydrogen) atoms. The quantitative estimate of drug-likeness (QED) is 0.828. The Labute approximate surface area is 125 Å². The smallest absolute Gasteiger partial charge is 0.261 e. The number of halogens is 1. The Morgan fingerprint density at radius 1 is 1.11 bits per heavy atom. The van der Waals surface area contributed by atoms with Gasteiger partial charge in [0.25, 0.3) is 10.0 Å². The average Bonchev–Trinajstić information content (AvgIpc) is 2.39. The molecule has 2 aromatic carbocycles. The Kier molecular flexibility index (Phi) is 4.07. The maximum atomic E-state index is 12.1. The first-order valence-corrected chi connectivity index (χ1v) is 7.86. The lowest BCUT2D eigenvalue weighted by Crippen LogP contribution is -2.12.